The van der Waals surface area contributed by atoms with E-state index in [4.69, 9.17) is 4.74 Å². The summed E-state index contributed by atoms with van der Waals surface area (Å²) in [4.78, 5) is 36.2. The lowest BCUT2D eigenvalue weighted by molar-refractivity contribution is -0.120. The van der Waals surface area contributed by atoms with Gasteiger partial charge >= 0.3 is 6.09 Å². The lowest BCUT2D eigenvalue weighted by Crippen LogP contribution is -2.39. The fourth-order valence-corrected chi connectivity index (χ4v) is 3.06. The van der Waals surface area contributed by atoms with Crippen LogP contribution in [0.15, 0.2) is 66.7 Å². The molecular weight excluding hydrogens is 406 g/mol. The number of amides is 3. The summed E-state index contributed by atoms with van der Waals surface area (Å²) in [5.74, 6) is -0.514. The second-order valence-corrected chi connectivity index (χ2v) is 8.31. The average molecular weight is 434 g/mol. The van der Waals surface area contributed by atoms with Crippen LogP contribution in [0.3, 0.4) is 0 Å². The zero-order valence-corrected chi connectivity index (χ0v) is 18.4. The van der Waals surface area contributed by atoms with Gasteiger partial charge in [-0.25, -0.2) is 4.79 Å². The average Bonchev–Trinajstić information content (AvgIpc) is 2.75. The van der Waals surface area contributed by atoms with Gasteiger partial charge in [-0.05, 0) is 55.3 Å². The minimum absolute atomic E-state index is 0.173. The van der Waals surface area contributed by atoms with Gasteiger partial charge in [0.1, 0.15) is 12.1 Å². The fourth-order valence-electron chi connectivity index (χ4n) is 3.06. The maximum absolute atomic E-state index is 12.7. The molecule has 0 aliphatic heterocycles. The summed E-state index contributed by atoms with van der Waals surface area (Å²) < 4.78 is 5.09. The molecule has 0 radical (unpaired) electrons. The van der Waals surface area contributed by atoms with Crippen molar-refractivity contribution in [2.75, 3.05) is 11.9 Å². The molecule has 0 unspecified atom stereocenters. The number of rotatable bonds is 6. The van der Waals surface area contributed by atoms with Crippen molar-refractivity contribution in [2.24, 2.45) is 0 Å². The summed E-state index contributed by atoms with van der Waals surface area (Å²) in [6.07, 6.45) is -0.640. The van der Waals surface area contributed by atoms with Gasteiger partial charge in [0.15, 0.2) is 0 Å². The van der Waals surface area contributed by atoms with Crippen LogP contribution in [0.4, 0.5) is 10.5 Å². The van der Waals surface area contributed by atoms with Gasteiger partial charge in [-0.15, -0.1) is 0 Å². The molecule has 3 amide bonds. The highest BCUT2D eigenvalue weighted by Crippen LogP contribution is 2.20. The lowest BCUT2D eigenvalue weighted by Gasteiger charge is -2.19. The molecule has 3 aromatic rings. The number of ether oxygens (including phenoxy) is 1. The summed E-state index contributed by atoms with van der Waals surface area (Å²) in [5, 5.41) is 9.95. The Balaban J connectivity index is 1.50. The predicted octanol–water partition coefficient (Wildman–Crippen LogP) is 4.23. The molecule has 0 heterocycles. The molecule has 0 saturated carbocycles. The van der Waals surface area contributed by atoms with Crippen LogP contribution in [0.1, 0.15) is 36.7 Å². The first kappa shape index (κ1) is 22.8. The third-order valence-electron chi connectivity index (χ3n) is 4.53. The quantitative estimate of drug-likeness (QED) is 0.542. The normalized spacial score (nSPS) is 11.0. The van der Waals surface area contributed by atoms with Crippen LogP contribution in [0.25, 0.3) is 10.8 Å². The highest BCUT2D eigenvalue weighted by Gasteiger charge is 2.16. The number of anilines is 1. The van der Waals surface area contributed by atoms with E-state index in [2.05, 4.69) is 16.0 Å². The fraction of sp³-hybridized carbons (Fsp3) is 0.240. The van der Waals surface area contributed by atoms with Crippen molar-refractivity contribution in [3.63, 3.8) is 0 Å². The molecule has 0 saturated heterocycles. The third-order valence-corrected chi connectivity index (χ3v) is 4.53. The van der Waals surface area contributed by atoms with E-state index in [0.717, 1.165) is 16.3 Å². The number of carbonyl (C=O) groups excluding carboxylic acids is 3. The Hall–Kier alpha value is -3.87. The Morgan fingerprint density at radius 3 is 2.25 bits per heavy atom. The SMILES string of the molecule is CC(C)(C)OC(=O)NCC(=O)NCc1ccc(NC(=O)c2cccc3ccccc23)cc1. The van der Waals surface area contributed by atoms with Gasteiger partial charge in [-0.1, -0.05) is 48.5 Å². The van der Waals surface area contributed by atoms with Crippen LogP contribution in [0.2, 0.25) is 0 Å². The number of benzene rings is 3. The number of hydrogen-bond donors (Lipinski definition) is 3. The molecular formula is C25H27N3O4. The van der Waals surface area contributed by atoms with Crippen molar-refractivity contribution < 1.29 is 19.1 Å². The van der Waals surface area contributed by atoms with Gasteiger partial charge in [0.25, 0.3) is 5.91 Å². The first-order chi connectivity index (χ1) is 15.2. The molecule has 0 aliphatic rings. The molecule has 166 valence electrons. The number of hydrogen-bond acceptors (Lipinski definition) is 4. The van der Waals surface area contributed by atoms with Crippen LogP contribution in [0.5, 0.6) is 0 Å². The zero-order valence-electron chi connectivity index (χ0n) is 18.4. The minimum atomic E-state index is -0.640. The van der Waals surface area contributed by atoms with Crippen LogP contribution < -0.4 is 16.0 Å². The molecule has 0 aliphatic carbocycles. The number of nitrogens with one attached hydrogen (secondary N) is 3. The minimum Gasteiger partial charge on any atom is -0.444 e. The van der Waals surface area contributed by atoms with E-state index in [-0.39, 0.29) is 18.4 Å². The molecule has 7 heteroatoms. The molecule has 0 bridgehead atoms. The molecule has 0 fully saturated rings. The number of carbonyl (C=O) groups is 3. The maximum atomic E-state index is 12.7. The smallest absolute Gasteiger partial charge is 0.408 e. The Morgan fingerprint density at radius 1 is 0.844 bits per heavy atom. The highest BCUT2D eigenvalue weighted by molar-refractivity contribution is 6.12. The van der Waals surface area contributed by atoms with Crippen molar-refractivity contribution in [1.29, 1.82) is 0 Å². The lowest BCUT2D eigenvalue weighted by atomic mass is 10.0. The summed E-state index contributed by atoms with van der Waals surface area (Å²) in [6.45, 7) is 5.38. The van der Waals surface area contributed by atoms with Gasteiger partial charge in [0.2, 0.25) is 5.91 Å². The van der Waals surface area contributed by atoms with Crippen molar-refractivity contribution >= 4 is 34.4 Å². The van der Waals surface area contributed by atoms with Crippen molar-refractivity contribution in [2.45, 2.75) is 32.9 Å². The van der Waals surface area contributed by atoms with Gasteiger partial charge in [0.05, 0.1) is 0 Å². The van der Waals surface area contributed by atoms with Crippen molar-refractivity contribution in [3.8, 4) is 0 Å². The van der Waals surface area contributed by atoms with Gasteiger partial charge < -0.3 is 20.7 Å². The van der Waals surface area contributed by atoms with E-state index in [0.29, 0.717) is 17.8 Å². The summed E-state index contributed by atoms with van der Waals surface area (Å²) in [5.41, 5.74) is 1.51. The predicted molar refractivity (Wildman–Crippen MR) is 124 cm³/mol. The molecule has 0 aromatic heterocycles. The Morgan fingerprint density at radius 2 is 1.53 bits per heavy atom. The number of alkyl carbamates (subject to hydrolysis) is 1. The third kappa shape index (κ3) is 6.57. The van der Waals surface area contributed by atoms with E-state index in [1.807, 2.05) is 48.5 Å². The van der Waals surface area contributed by atoms with E-state index < -0.39 is 11.7 Å². The standard InChI is InChI=1S/C25H27N3O4/c1-25(2,3)32-24(31)27-16-22(29)26-15-17-11-13-19(14-12-17)28-23(30)21-10-6-8-18-7-4-5-9-20(18)21/h4-14H,15-16H2,1-3H3,(H,26,29)(H,27,31)(H,28,30). The number of fused-ring (bicyclic) bond motifs is 1. The maximum Gasteiger partial charge on any atom is 0.408 e. The van der Waals surface area contributed by atoms with Crippen LogP contribution in [-0.4, -0.2) is 30.1 Å². The molecule has 3 aromatic carbocycles. The van der Waals surface area contributed by atoms with E-state index in [9.17, 15) is 14.4 Å². The van der Waals surface area contributed by atoms with Gasteiger partial charge in [0, 0.05) is 17.8 Å². The van der Waals surface area contributed by atoms with Gasteiger partial charge in [-0.2, -0.15) is 0 Å². The topological polar surface area (TPSA) is 96.5 Å². The second-order valence-electron chi connectivity index (χ2n) is 8.31. The first-order valence-electron chi connectivity index (χ1n) is 10.3. The zero-order chi connectivity index (χ0) is 23.1. The monoisotopic (exact) mass is 433 g/mol. The van der Waals surface area contributed by atoms with Gasteiger partial charge in [-0.3, -0.25) is 9.59 Å². The second kappa shape index (κ2) is 9.96. The Bertz CT molecular complexity index is 1110. The molecule has 0 spiro atoms. The molecule has 3 rings (SSSR count). The molecule has 3 N–H and O–H groups in total. The van der Waals surface area contributed by atoms with Crippen LogP contribution in [0, 0.1) is 0 Å². The van der Waals surface area contributed by atoms with E-state index >= 15 is 0 Å². The van der Waals surface area contributed by atoms with Crippen molar-refractivity contribution in [3.05, 3.63) is 77.9 Å². The Kier molecular flexibility index (Phi) is 7.10. The van der Waals surface area contributed by atoms with Crippen LogP contribution in [-0.2, 0) is 16.1 Å². The van der Waals surface area contributed by atoms with Crippen molar-refractivity contribution in [1.82, 2.24) is 10.6 Å². The molecule has 7 nitrogen and oxygen atoms in total. The highest BCUT2D eigenvalue weighted by atomic mass is 16.6. The summed E-state index contributed by atoms with van der Waals surface area (Å²) >= 11 is 0. The molecule has 32 heavy (non-hydrogen) atoms. The van der Waals surface area contributed by atoms with Crippen LogP contribution >= 0.6 is 0 Å². The largest absolute Gasteiger partial charge is 0.444 e. The molecule has 0 atom stereocenters. The summed E-state index contributed by atoms with van der Waals surface area (Å²) in [6, 6.07) is 20.6. The van der Waals surface area contributed by atoms with E-state index in [1.54, 1.807) is 39.0 Å². The van der Waals surface area contributed by atoms with E-state index in [1.165, 1.54) is 0 Å². The first-order valence-corrected chi connectivity index (χ1v) is 10.3. The summed E-state index contributed by atoms with van der Waals surface area (Å²) in [7, 11) is 0. The Labute approximate surface area is 187 Å².